The molecule has 0 N–H and O–H groups in total. The fourth-order valence-electron chi connectivity index (χ4n) is 1.76. The van der Waals surface area contributed by atoms with E-state index in [-0.39, 0.29) is 16.5 Å². The molecule has 0 saturated heterocycles. The van der Waals surface area contributed by atoms with Crippen LogP contribution in [-0.2, 0) is 9.84 Å². The normalized spacial score (nSPS) is 11.4. The van der Waals surface area contributed by atoms with Crippen LogP contribution in [0, 0.1) is 17.1 Å². The van der Waals surface area contributed by atoms with Gasteiger partial charge in [0.1, 0.15) is 28.9 Å². The maximum Gasteiger partial charge on any atom is 0.341 e. The number of sulfone groups is 1. The lowest BCUT2D eigenvalue weighted by molar-refractivity contribution is 0.234. The molecule has 2 rings (SSSR count). The standard InChI is InChI=1S/C14H6Cl2F3NO3S/c15-7-3-8(17)5-9(4-7)23-11-1-2-12(13(16)10(11)6-20)24(21,22)14(18)19/h1-5,14H. The van der Waals surface area contributed by atoms with Gasteiger partial charge in [-0.3, -0.25) is 0 Å². The van der Waals surface area contributed by atoms with E-state index in [1.165, 1.54) is 6.07 Å². The smallest absolute Gasteiger partial charge is 0.341 e. The van der Waals surface area contributed by atoms with Crippen molar-refractivity contribution in [2.75, 3.05) is 0 Å². The number of ether oxygens (including phenoxy) is 1. The van der Waals surface area contributed by atoms with Gasteiger partial charge in [0, 0.05) is 11.1 Å². The van der Waals surface area contributed by atoms with E-state index in [9.17, 15) is 21.6 Å². The van der Waals surface area contributed by atoms with Gasteiger partial charge in [-0.1, -0.05) is 23.2 Å². The maximum absolute atomic E-state index is 13.3. The van der Waals surface area contributed by atoms with E-state index in [2.05, 4.69) is 0 Å². The SMILES string of the molecule is N#Cc1c(Oc2cc(F)cc(Cl)c2)ccc(S(=O)(=O)C(F)F)c1Cl. The van der Waals surface area contributed by atoms with Gasteiger partial charge in [0.25, 0.3) is 0 Å². The molecule has 0 unspecified atom stereocenters. The van der Waals surface area contributed by atoms with Crippen molar-refractivity contribution < 1.29 is 26.3 Å². The number of hydrogen-bond donors (Lipinski definition) is 0. The Morgan fingerprint density at radius 3 is 2.38 bits per heavy atom. The van der Waals surface area contributed by atoms with E-state index in [1.54, 1.807) is 6.07 Å². The molecule has 0 bridgehead atoms. The fraction of sp³-hybridized carbons (Fsp3) is 0.0714. The van der Waals surface area contributed by atoms with Gasteiger partial charge >= 0.3 is 5.76 Å². The summed E-state index contributed by atoms with van der Waals surface area (Å²) in [7, 11) is -5.00. The summed E-state index contributed by atoms with van der Waals surface area (Å²) >= 11 is 11.4. The zero-order valence-corrected chi connectivity index (χ0v) is 13.8. The average Bonchev–Trinajstić information content (AvgIpc) is 2.46. The highest BCUT2D eigenvalue weighted by Gasteiger charge is 2.31. The van der Waals surface area contributed by atoms with E-state index in [0.717, 1.165) is 24.3 Å². The Bertz CT molecular complexity index is 923. The molecule has 0 radical (unpaired) electrons. The molecule has 0 saturated carbocycles. The Kier molecular flexibility index (Phi) is 5.28. The molecular formula is C14H6Cl2F3NO3S. The number of rotatable bonds is 4. The van der Waals surface area contributed by atoms with Crippen molar-refractivity contribution in [1.82, 2.24) is 0 Å². The second-order valence-electron chi connectivity index (χ2n) is 4.38. The molecule has 0 aliphatic heterocycles. The Balaban J connectivity index is 2.54. The summed E-state index contributed by atoms with van der Waals surface area (Å²) in [4.78, 5) is -0.902. The predicted molar refractivity (Wildman–Crippen MR) is 80.8 cm³/mol. The van der Waals surface area contributed by atoms with Crippen molar-refractivity contribution in [3.63, 3.8) is 0 Å². The number of hydrogen-bond acceptors (Lipinski definition) is 4. The fourth-order valence-corrected chi connectivity index (χ4v) is 3.29. The van der Waals surface area contributed by atoms with Crippen LogP contribution < -0.4 is 4.74 Å². The quantitative estimate of drug-likeness (QED) is 0.745. The second kappa shape index (κ2) is 6.89. The summed E-state index contributed by atoms with van der Waals surface area (Å²) in [6.45, 7) is 0. The highest BCUT2D eigenvalue weighted by molar-refractivity contribution is 7.91. The molecule has 24 heavy (non-hydrogen) atoms. The third-order valence-corrected chi connectivity index (χ3v) is 4.93. The molecule has 2 aromatic rings. The molecule has 126 valence electrons. The lowest BCUT2D eigenvalue weighted by Gasteiger charge is -2.12. The molecule has 2 aromatic carbocycles. The molecule has 0 aliphatic carbocycles. The van der Waals surface area contributed by atoms with Gasteiger partial charge in [0.05, 0.1) is 9.92 Å². The minimum absolute atomic E-state index is 0.0199. The van der Waals surface area contributed by atoms with Gasteiger partial charge in [-0.2, -0.15) is 14.0 Å². The summed E-state index contributed by atoms with van der Waals surface area (Å²) in [6, 6.07) is 6.54. The van der Waals surface area contributed by atoms with Gasteiger partial charge in [0.15, 0.2) is 0 Å². The molecule has 0 fully saturated rings. The summed E-state index contributed by atoms with van der Waals surface area (Å²) < 4.78 is 66.9. The van der Waals surface area contributed by atoms with Gasteiger partial charge in [-0.25, -0.2) is 12.8 Å². The van der Waals surface area contributed by atoms with Crippen LogP contribution in [0.25, 0.3) is 0 Å². The number of nitrogens with zero attached hydrogens (tertiary/aromatic N) is 1. The molecular weight excluding hydrogens is 390 g/mol. The van der Waals surface area contributed by atoms with E-state index in [4.69, 9.17) is 33.2 Å². The van der Waals surface area contributed by atoms with Crippen LogP contribution in [0.5, 0.6) is 11.5 Å². The number of alkyl halides is 2. The number of benzene rings is 2. The van der Waals surface area contributed by atoms with Crippen LogP contribution >= 0.6 is 23.2 Å². The molecule has 0 aromatic heterocycles. The Labute approximate surface area is 144 Å². The van der Waals surface area contributed by atoms with Crippen LogP contribution in [0.2, 0.25) is 10.0 Å². The van der Waals surface area contributed by atoms with Crippen LogP contribution in [0.4, 0.5) is 13.2 Å². The van der Waals surface area contributed by atoms with E-state index >= 15 is 0 Å². The zero-order valence-electron chi connectivity index (χ0n) is 11.4. The minimum Gasteiger partial charge on any atom is -0.456 e. The third-order valence-electron chi connectivity index (χ3n) is 2.79. The van der Waals surface area contributed by atoms with E-state index in [1.807, 2.05) is 0 Å². The lowest BCUT2D eigenvalue weighted by Crippen LogP contribution is -2.12. The van der Waals surface area contributed by atoms with E-state index < -0.39 is 36.9 Å². The van der Waals surface area contributed by atoms with Gasteiger partial charge in [-0.05, 0) is 24.3 Å². The molecule has 0 aliphatic rings. The van der Waals surface area contributed by atoms with Crippen molar-refractivity contribution in [3.8, 4) is 17.6 Å². The van der Waals surface area contributed by atoms with Crippen LogP contribution in [0.15, 0.2) is 35.2 Å². The Morgan fingerprint density at radius 1 is 1.17 bits per heavy atom. The first-order valence-corrected chi connectivity index (χ1v) is 8.35. The summed E-state index contributed by atoms with van der Waals surface area (Å²) in [5, 5.41) is 8.43. The molecule has 0 heterocycles. The van der Waals surface area contributed by atoms with Crippen LogP contribution in [0.1, 0.15) is 5.56 Å². The van der Waals surface area contributed by atoms with Gasteiger partial charge < -0.3 is 4.74 Å². The highest BCUT2D eigenvalue weighted by atomic mass is 35.5. The third kappa shape index (κ3) is 3.59. The second-order valence-corrected chi connectivity index (χ2v) is 7.08. The highest BCUT2D eigenvalue weighted by Crippen LogP contribution is 2.36. The van der Waals surface area contributed by atoms with Crippen molar-refractivity contribution in [3.05, 3.63) is 51.8 Å². The van der Waals surface area contributed by atoms with Crippen molar-refractivity contribution in [2.24, 2.45) is 0 Å². The van der Waals surface area contributed by atoms with E-state index in [0.29, 0.717) is 0 Å². The molecule has 0 amide bonds. The van der Waals surface area contributed by atoms with Crippen molar-refractivity contribution in [2.45, 2.75) is 10.7 Å². The van der Waals surface area contributed by atoms with Crippen LogP contribution in [-0.4, -0.2) is 14.2 Å². The predicted octanol–water partition coefficient (Wildman–Crippen LogP) is 4.79. The zero-order chi connectivity index (χ0) is 18.1. The maximum atomic E-state index is 13.3. The first kappa shape index (κ1) is 18.4. The Morgan fingerprint density at radius 2 is 1.83 bits per heavy atom. The molecule has 0 atom stereocenters. The number of nitriles is 1. The van der Waals surface area contributed by atoms with Gasteiger partial charge in [-0.15, -0.1) is 0 Å². The first-order valence-electron chi connectivity index (χ1n) is 6.05. The largest absolute Gasteiger partial charge is 0.456 e. The average molecular weight is 396 g/mol. The summed E-state index contributed by atoms with van der Waals surface area (Å²) in [5.41, 5.74) is -0.487. The minimum atomic E-state index is -5.00. The summed E-state index contributed by atoms with van der Waals surface area (Å²) in [6.07, 6.45) is 0. The molecule has 0 spiro atoms. The Hall–Kier alpha value is -1.95. The van der Waals surface area contributed by atoms with Crippen molar-refractivity contribution in [1.29, 1.82) is 5.26 Å². The monoisotopic (exact) mass is 395 g/mol. The molecule has 10 heteroatoms. The van der Waals surface area contributed by atoms with Crippen LogP contribution in [0.3, 0.4) is 0 Å². The lowest BCUT2D eigenvalue weighted by atomic mass is 10.2. The first-order chi connectivity index (χ1) is 11.2. The van der Waals surface area contributed by atoms with Crippen molar-refractivity contribution >= 4 is 33.0 Å². The number of halogens is 5. The summed E-state index contributed by atoms with van der Waals surface area (Å²) in [5.74, 6) is -4.73. The topological polar surface area (TPSA) is 67.2 Å². The molecule has 4 nitrogen and oxygen atoms in total. The van der Waals surface area contributed by atoms with Gasteiger partial charge in [0.2, 0.25) is 9.84 Å².